The molecule has 0 atom stereocenters. The molecule has 2 amide bonds. The van der Waals surface area contributed by atoms with Crippen molar-refractivity contribution in [1.29, 1.82) is 0 Å². The van der Waals surface area contributed by atoms with Crippen LogP contribution in [0.4, 0.5) is 10.5 Å². The number of carbonyl (C=O) groups is 1. The molecule has 1 aliphatic rings. The van der Waals surface area contributed by atoms with Gasteiger partial charge in [0.25, 0.3) is 0 Å². The zero-order valence-corrected chi connectivity index (χ0v) is 18.1. The van der Waals surface area contributed by atoms with Crippen LogP contribution in [0, 0.1) is 6.92 Å². The molecular formula is C24H27N3O4. The van der Waals surface area contributed by atoms with Crippen molar-refractivity contribution in [3.05, 3.63) is 65.2 Å². The van der Waals surface area contributed by atoms with E-state index in [2.05, 4.69) is 35.4 Å². The van der Waals surface area contributed by atoms with Gasteiger partial charge in [0.2, 0.25) is 0 Å². The molecule has 3 aromatic rings. The van der Waals surface area contributed by atoms with E-state index >= 15 is 0 Å². The summed E-state index contributed by atoms with van der Waals surface area (Å²) in [6.45, 7) is 6.60. The highest BCUT2D eigenvalue weighted by Crippen LogP contribution is 2.32. The number of ether oxygens (including phenoxy) is 2. The van der Waals surface area contributed by atoms with Gasteiger partial charge in [-0.1, -0.05) is 18.2 Å². The van der Waals surface area contributed by atoms with Crippen LogP contribution in [-0.2, 0) is 17.8 Å². The number of oxazole rings is 1. The van der Waals surface area contributed by atoms with Gasteiger partial charge in [0.1, 0.15) is 5.75 Å². The number of anilines is 1. The molecule has 0 bridgehead atoms. The highest BCUT2D eigenvalue weighted by Gasteiger charge is 2.23. The highest BCUT2D eigenvalue weighted by molar-refractivity contribution is 5.95. The molecule has 0 unspecified atom stereocenters. The zero-order valence-electron chi connectivity index (χ0n) is 18.1. The lowest BCUT2D eigenvalue weighted by molar-refractivity contribution is 0.134. The maximum atomic E-state index is 12.1. The molecule has 2 heterocycles. The van der Waals surface area contributed by atoms with E-state index in [4.69, 9.17) is 13.9 Å². The minimum atomic E-state index is -0.111. The molecule has 2 aromatic carbocycles. The molecule has 4 rings (SSSR count). The monoisotopic (exact) mass is 421 g/mol. The summed E-state index contributed by atoms with van der Waals surface area (Å²) in [6, 6.07) is 11.9. The van der Waals surface area contributed by atoms with Gasteiger partial charge in [-0.15, -0.1) is 0 Å². The molecule has 1 aliphatic heterocycles. The number of nitrogens with zero attached hydrogens (tertiary/aromatic N) is 2. The van der Waals surface area contributed by atoms with Gasteiger partial charge < -0.3 is 19.2 Å². The molecular weight excluding hydrogens is 394 g/mol. The molecule has 7 heteroatoms. The predicted molar refractivity (Wildman–Crippen MR) is 119 cm³/mol. The summed E-state index contributed by atoms with van der Waals surface area (Å²) in [4.78, 5) is 18.3. The van der Waals surface area contributed by atoms with Crippen LogP contribution < -0.4 is 15.0 Å². The number of urea groups is 1. The summed E-state index contributed by atoms with van der Waals surface area (Å²) in [5.74, 6) is 1.93. The maximum absolute atomic E-state index is 12.1. The van der Waals surface area contributed by atoms with E-state index in [9.17, 15) is 4.79 Å². The van der Waals surface area contributed by atoms with Crippen molar-refractivity contribution < 1.29 is 18.7 Å². The van der Waals surface area contributed by atoms with E-state index in [1.165, 1.54) is 5.56 Å². The second kappa shape index (κ2) is 9.22. The maximum Gasteiger partial charge on any atom is 0.321 e. The van der Waals surface area contributed by atoms with Gasteiger partial charge in [0.05, 0.1) is 19.9 Å². The average molecular weight is 421 g/mol. The normalized spacial score (nSPS) is 13.5. The van der Waals surface area contributed by atoms with Crippen LogP contribution in [0.15, 0.2) is 47.0 Å². The molecule has 0 spiro atoms. The number of hydrogen-bond donors (Lipinski definition) is 1. The van der Waals surface area contributed by atoms with Gasteiger partial charge in [-0.25, -0.2) is 9.78 Å². The first-order valence-corrected chi connectivity index (χ1v) is 10.4. The van der Waals surface area contributed by atoms with Crippen molar-refractivity contribution in [1.82, 2.24) is 10.3 Å². The number of aryl methyl sites for hydroxylation is 1. The second-order valence-electron chi connectivity index (χ2n) is 7.50. The van der Waals surface area contributed by atoms with Crippen LogP contribution in [0.3, 0.4) is 0 Å². The Morgan fingerprint density at radius 2 is 2.10 bits per heavy atom. The van der Waals surface area contributed by atoms with Crippen molar-refractivity contribution >= 4 is 11.7 Å². The summed E-state index contributed by atoms with van der Waals surface area (Å²) in [5, 5.41) is 2.82. The molecule has 1 fully saturated rings. The Labute approximate surface area is 182 Å². The average Bonchev–Trinajstić information content (AvgIpc) is 3.43. The molecule has 1 N–H and O–H groups in total. The fraction of sp³-hybridized carbons (Fsp3) is 0.333. The lowest BCUT2D eigenvalue weighted by atomic mass is 10.0. The number of aromatic nitrogens is 1. The number of hydrogen-bond acceptors (Lipinski definition) is 5. The first-order chi connectivity index (χ1) is 15.1. The summed E-state index contributed by atoms with van der Waals surface area (Å²) in [5.41, 5.74) is 5.06. The molecule has 31 heavy (non-hydrogen) atoms. The lowest BCUT2D eigenvalue weighted by Crippen LogP contribution is -2.27. The summed E-state index contributed by atoms with van der Waals surface area (Å²) in [6.07, 6.45) is 2.31. The first kappa shape index (κ1) is 20.9. The third-order valence-corrected chi connectivity index (χ3v) is 5.36. The molecule has 162 valence electrons. The van der Waals surface area contributed by atoms with Crippen molar-refractivity contribution in [2.75, 3.05) is 31.7 Å². The fourth-order valence-electron chi connectivity index (χ4n) is 3.63. The standard InChI is InChI=1S/C24H27N3O4/c1-4-30-15-17-6-5-16(2)18(9-17)12-23-26-14-22(31-23)19-10-20(13-21(11-19)29-3)27-8-7-25-24(27)28/h5-6,9-11,13-14H,4,7-8,12,15H2,1-3H3,(H,25,28). The van der Waals surface area contributed by atoms with E-state index in [0.717, 1.165) is 22.4 Å². The van der Waals surface area contributed by atoms with Gasteiger partial charge in [0, 0.05) is 43.4 Å². The molecule has 0 radical (unpaired) electrons. The van der Waals surface area contributed by atoms with Gasteiger partial charge in [-0.05, 0) is 42.7 Å². The third-order valence-electron chi connectivity index (χ3n) is 5.36. The minimum absolute atomic E-state index is 0.111. The van der Waals surface area contributed by atoms with Crippen molar-refractivity contribution in [2.24, 2.45) is 0 Å². The predicted octanol–water partition coefficient (Wildman–Crippen LogP) is 4.32. The van der Waals surface area contributed by atoms with Crippen LogP contribution in [0.5, 0.6) is 5.75 Å². The van der Waals surface area contributed by atoms with Crippen LogP contribution in [0.1, 0.15) is 29.5 Å². The Balaban J connectivity index is 1.58. The Hall–Kier alpha value is -3.32. The van der Waals surface area contributed by atoms with E-state index in [1.54, 1.807) is 18.2 Å². The van der Waals surface area contributed by atoms with Gasteiger partial charge in [-0.2, -0.15) is 0 Å². The van der Waals surface area contributed by atoms with Crippen LogP contribution in [0.25, 0.3) is 11.3 Å². The summed E-state index contributed by atoms with van der Waals surface area (Å²) in [7, 11) is 1.61. The smallest absolute Gasteiger partial charge is 0.321 e. The van der Waals surface area contributed by atoms with Crippen molar-refractivity contribution in [3.63, 3.8) is 0 Å². The largest absolute Gasteiger partial charge is 0.497 e. The van der Waals surface area contributed by atoms with Crippen LogP contribution in [-0.4, -0.2) is 37.8 Å². The van der Waals surface area contributed by atoms with Crippen molar-refractivity contribution in [3.8, 4) is 17.1 Å². The summed E-state index contributed by atoms with van der Waals surface area (Å²) < 4.78 is 17.0. The van der Waals surface area contributed by atoms with E-state index in [0.29, 0.717) is 50.1 Å². The van der Waals surface area contributed by atoms with E-state index in [-0.39, 0.29) is 6.03 Å². The topological polar surface area (TPSA) is 76.8 Å². The number of amides is 2. The van der Waals surface area contributed by atoms with Crippen LogP contribution >= 0.6 is 0 Å². The zero-order chi connectivity index (χ0) is 21.8. The highest BCUT2D eigenvalue weighted by atomic mass is 16.5. The SMILES string of the molecule is CCOCc1ccc(C)c(Cc2ncc(-c3cc(OC)cc(N4CCNC4=O)c3)o2)c1. The van der Waals surface area contributed by atoms with Crippen molar-refractivity contribution in [2.45, 2.75) is 26.9 Å². The number of nitrogens with one attached hydrogen (secondary N) is 1. The Morgan fingerprint density at radius 1 is 1.23 bits per heavy atom. The molecule has 1 aromatic heterocycles. The second-order valence-corrected chi connectivity index (χ2v) is 7.50. The fourth-order valence-corrected chi connectivity index (χ4v) is 3.63. The Kier molecular flexibility index (Phi) is 6.23. The lowest BCUT2D eigenvalue weighted by Gasteiger charge is -2.16. The minimum Gasteiger partial charge on any atom is -0.497 e. The number of rotatable bonds is 8. The molecule has 7 nitrogen and oxygen atoms in total. The van der Waals surface area contributed by atoms with E-state index < -0.39 is 0 Å². The number of methoxy groups -OCH3 is 1. The van der Waals surface area contributed by atoms with Gasteiger partial charge in [0.15, 0.2) is 11.7 Å². The molecule has 1 saturated heterocycles. The first-order valence-electron chi connectivity index (χ1n) is 10.4. The van der Waals surface area contributed by atoms with Crippen LogP contribution in [0.2, 0.25) is 0 Å². The summed E-state index contributed by atoms with van der Waals surface area (Å²) >= 11 is 0. The Morgan fingerprint density at radius 3 is 2.84 bits per heavy atom. The number of carbonyl (C=O) groups excluding carboxylic acids is 1. The quantitative estimate of drug-likeness (QED) is 0.586. The molecule has 0 saturated carbocycles. The van der Waals surface area contributed by atoms with Gasteiger partial charge >= 0.3 is 6.03 Å². The molecule has 0 aliphatic carbocycles. The van der Waals surface area contributed by atoms with E-state index in [1.807, 2.05) is 25.1 Å². The van der Waals surface area contributed by atoms with Gasteiger partial charge in [-0.3, -0.25) is 4.90 Å². The Bertz CT molecular complexity index is 1080. The number of benzene rings is 2. The third kappa shape index (κ3) is 4.72.